The van der Waals surface area contributed by atoms with Gasteiger partial charge in [-0.25, -0.2) is 4.98 Å². The number of hydrogen-bond acceptors (Lipinski definition) is 6. The van der Waals surface area contributed by atoms with Crippen molar-refractivity contribution >= 4 is 0 Å². The molecule has 1 fully saturated rings. The van der Waals surface area contributed by atoms with Crippen molar-refractivity contribution in [3.63, 3.8) is 0 Å². The Morgan fingerprint density at radius 2 is 2.24 bits per heavy atom. The van der Waals surface area contributed by atoms with Crippen molar-refractivity contribution in [3.05, 3.63) is 36.3 Å². The number of nitrogens with zero attached hydrogens (tertiary/aromatic N) is 5. The molecule has 0 aliphatic carbocycles. The molecule has 138 valence electrons. The summed E-state index contributed by atoms with van der Waals surface area (Å²) in [7, 11) is 2.12. The number of hydrogen-bond donors (Lipinski definition) is 1. The van der Waals surface area contributed by atoms with Gasteiger partial charge in [-0.2, -0.15) is 5.10 Å². The van der Waals surface area contributed by atoms with Gasteiger partial charge in [0.15, 0.2) is 0 Å². The number of oxazole rings is 1. The van der Waals surface area contributed by atoms with Crippen molar-refractivity contribution in [2.75, 3.05) is 26.7 Å². The van der Waals surface area contributed by atoms with E-state index in [1.165, 1.54) is 0 Å². The Hall–Kier alpha value is -1.70. The lowest BCUT2D eigenvalue weighted by Crippen LogP contribution is -2.37. The van der Waals surface area contributed by atoms with Gasteiger partial charge in [-0.3, -0.25) is 14.5 Å². The van der Waals surface area contributed by atoms with E-state index in [0.717, 1.165) is 37.7 Å². The Morgan fingerprint density at radius 1 is 1.40 bits per heavy atom. The summed E-state index contributed by atoms with van der Waals surface area (Å²) in [6, 6.07) is 2.34. The fraction of sp³-hybridized carbons (Fsp3) is 0.667. The van der Waals surface area contributed by atoms with Crippen LogP contribution in [-0.4, -0.2) is 68.5 Å². The van der Waals surface area contributed by atoms with Crippen LogP contribution >= 0.6 is 0 Å². The van der Waals surface area contributed by atoms with Gasteiger partial charge in [0.2, 0.25) is 5.89 Å². The van der Waals surface area contributed by atoms with E-state index in [1.807, 2.05) is 18.5 Å². The average Bonchev–Trinajstić information content (AvgIpc) is 3.28. The highest BCUT2D eigenvalue weighted by Gasteiger charge is 2.27. The van der Waals surface area contributed by atoms with Crippen LogP contribution in [0.1, 0.15) is 37.8 Å². The Kier molecular flexibility index (Phi) is 5.88. The maximum Gasteiger partial charge on any atom is 0.208 e. The Labute approximate surface area is 149 Å². The number of aromatic nitrogens is 3. The highest BCUT2D eigenvalue weighted by Crippen LogP contribution is 2.19. The van der Waals surface area contributed by atoms with Gasteiger partial charge in [-0.1, -0.05) is 13.8 Å². The number of rotatable bonds is 8. The summed E-state index contributed by atoms with van der Waals surface area (Å²) in [5.74, 6) is 2.09. The van der Waals surface area contributed by atoms with E-state index in [-0.39, 0.29) is 0 Å². The quantitative estimate of drug-likeness (QED) is 0.781. The van der Waals surface area contributed by atoms with E-state index in [2.05, 4.69) is 40.8 Å². The van der Waals surface area contributed by atoms with Crippen LogP contribution in [-0.2, 0) is 13.1 Å². The molecular formula is C18H29N5O2. The van der Waals surface area contributed by atoms with Crippen molar-refractivity contribution in [1.82, 2.24) is 24.6 Å². The number of β-amino-alcohol motifs (C(OH)–C–C–N with tert-alkyl or cyclic N) is 1. The van der Waals surface area contributed by atoms with Gasteiger partial charge in [0.1, 0.15) is 5.76 Å². The molecule has 3 rings (SSSR count). The average molecular weight is 347 g/mol. The minimum Gasteiger partial charge on any atom is -0.444 e. The lowest BCUT2D eigenvalue weighted by atomic mass is 10.2. The first-order valence-electron chi connectivity index (χ1n) is 9.04. The van der Waals surface area contributed by atoms with Gasteiger partial charge in [-0.15, -0.1) is 0 Å². The topological polar surface area (TPSA) is 70.6 Å². The largest absolute Gasteiger partial charge is 0.444 e. The molecule has 1 aliphatic heterocycles. The fourth-order valence-corrected chi connectivity index (χ4v) is 3.32. The molecule has 7 heteroatoms. The van der Waals surface area contributed by atoms with E-state index in [9.17, 15) is 5.11 Å². The second kappa shape index (κ2) is 8.12. The molecule has 3 heterocycles. The molecule has 1 aliphatic rings. The van der Waals surface area contributed by atoms with Crippen molar-refractivity contribution in [2.24, 2.45) is 0 Å². The third-order valence-corrected chi connectivity index (χ3v) is 4.82. The zero-order valence-electron chi connectivity index (χ0n) is 15.4. The van der Waals surface area contributed by atoms with Crippen LogP contribution in [0.4, 0.5) is 0 Å². The van der Waals surface area contributed by atoms with Crippen LogP contribution < -0.4 is 0 Å². The summed E-state index contributed by atoms with van der Waals surface area (Å²) in [5, 5.41) is 14.4. The lowest BCUT2D eigenvalue weighted by molar-refractivity contribution is 0.101. The minimum atomic E-state index is -0.399. The summed E-state index contributed by atoms with van der Waals surface area (Å²) in [6.45, 7) is 8.13. The maximum absolute atomic E-state index is 10.3. The highest BCUT2D eigenvalue weighted by molar-refractivity contribution is 4.99. The molecule has 0 amide bonds. The third kappa shape index (κ3) is 4.90. The van der Waals surface area contributed by atoms with Crippen LogP contribution in [0.3, 0.4) is 0 Å². The molecule has 2 atom stereocenters. The highest BCUT2D eigenvalue weighted by atomic mass is 16.4. The molecule has 0 radical (unpaired) electrons. The molecule has 1 saturated heterocycles. The number of aliphatic hydroxyl groups excluding tert-OH is 1. The van der Waals surface area contributed by atoms with Gasteiger partial charge >= 0.3 is 0 Å². The summed E-state index contributed by atoms with van der Waals surface area (Å²) in [4.78, 5) is 9.01. The van der Waals surface area contributed by atoms with Crippen LogP contribution in [0.25, 0.3) is 0 Å². The summed E-state index contributed by atoms with van der Waals surface area (Å²) < 4.78 is 7.59. The van der Waals surface area contributed by atoms with Gasteiger partial charge < -0.3 is 9.52 Å². The predicted octanol–water partition coefficient (Wildman–Crippen LogP) is 1.56. The van der Waals surface area contributed by atoms with Gasteiger partial charge in [-0.05, 0) is 26.1 Å². The molecule has 0 aromatic carbocycles. The summed E-state index contributed by atoms with van der Waals surface area (Å²) in [6.07, 6.45) is 6.15. The van der Waals surface area contributed by atoms with Crippen molar-refractivity contribution < 1.29 is 9.52 Å². The smallest absolute Gasteiger partial charge is 0.208 e. The second-order valence-electron chi connectivity index (χ2n) is 7.31. The van der Waals surface area contributed by atoms with Crippen molar-refractivity contribution in [3.8, 4) is 0 Å². The molecule has 0 bridgehead atoms. The predicted molar refractivity (Wildman–Crippen MR) is 95.1 cm³/mol. The standard InChI is InChI=1S/C18H29N5O2/c1-14(2)17-9-19-18(25-17)13-21(3)15-5-8-22(10-15)11-16(24)12-23-7-4-6-20-23/h4,6-7,9,14-16,24H,5,8,10-13H2,1-3H3/t15-,16+/m1/s1. The fourth-order valence-electron chi connectivity index (χ4n) is 3.32. The van der Waals surface area contributed by atoms with E-state index >= 15 is 0 Å². The van der Waals surface area contributed by atoms with Crippen molar-refractivity contribution in [1.29, 1.82) is 0 Å². The Bertz CT molecular complexity index is 640. The molecule has 1 N–H and O–H groups in total. The molecule has 0 spiro atoms. The Morgan fingerprint density at radius 3 is 2.92 bits per heavy atom. The maximum atomic E-state index is 10.3. The van der Waals surface area contributed by atoms with Crippen LogP contribution in [0.15, 0.2) is 29.1 Å². The second-order valence-corrected chi connectivity index (χ2v) is 7.31. The normalized spacial score (nSPS) is 20.0. The lowest BCUT2D eigenvalue weighted by Gasteiger charge is -2.24. The molecule has 2 aromatic heterocycles. The zero-order chi connectivity index (χ0) is 17.8. The van der Waals surface area contributed by atoms with Gasteiger partial charge in [0.05, 0.1) is 25.4 Å². The van der Waals surface area contributed by atoms with E-state index < -0.39 is 6.10 Å². The molecule has 25 heavy (non-hydrogen) atoms. The Balaban J connectivity index is 1.44. The first-order valence-corrected chi connectivity index (χ1v) is 9.04. The molecule has 0 unspecified atom stereocenters. The zero-order valence-corrected chi connectivity index (χ0v) is 15.4. The van der Waals surface area contributed by atoms with Gasteiger partial charge in [0.25, 0.3) is 0 Å². The SMILES string of the molecule is CC(C)c1cnc(CN(C)[C@@H]2CCN(C[C@H](O)Cn3cccn3)C2)o1. The first kappa shape index (κ1) is 18.1. The monoisotopic (exact) mass is 347 g/mol. The number of likely N-dealkylation sites (tertiary alicyclic amines) is 1. The van der Waals surface area contributed by atoms with Crippen LogP contribution in [0, 0.1) is 0 Å². The molecule has 2 aromatic rings. The van der Waals surface area contributed by atoms with Crippen LogP contribution in [0.5, 0.6) is 0 Å². The molecule has 7 nitrogen and oxygen atoms in total. The number of likely N-dealkylation sites (N-methyl/N-ethyl adjacent to an activating group) is 1. The molecular weight excluding hydrogens is 318 g/mol. The summed E-state index contributed by atoms with van der Waals surface area (Å²) >= 11 is 0. The third-order valence-electron chi connectivity index (χ3n) is 4.82. The first-order chi connectivity index (χ1) is 12.0. The van der Waals surface area contributed by atoms with E-state index in [0.29, 0.717) is 25.0 Å². The minimum absolute atomic E-state index is 0.366. The number of aliphatic hydroxyl groups is 1. The van der Waals surface area contributed by atoms with Crippen molar-refractivity contribution in [2.45, 2.75) is 51.4 Å². The van der Waals surface area contributed by atoms with Gasteiger partial charge in [0, 0.05) is 37.4 Å². The molecule has 0 saturated carbocycles. The van der Waals surface area contributed by atoms with E-state index in [1.54, 1.807) is 10.9 Å². The van der Waals surface area contributed by atoms with Crippen LogP contribution in [0.2, 0.25) is 0 Å². The summed E-state index contributed by atoms with van der Waals surface area (Å²) in [5.41, 5.74) is 0. The van der Waals surface area contributed by atoms with E-state index in [4.69, 9.17) is 4.42 Å².